The van der Waals surface area contributed by atoms with Gasteiger partial charge in [0.25, 0.3) is 11.5 Å². The SMILES string of the molecule is CC(=O)N1CCc2c(cn(-c3ccc(F)cc3)c(=O)c2C(=O)N2CCC[C@H]2CO)C1. The number of halogens is 1. The van der Waals surface area contributed by atoms with Crippen LogP contribution in [0.1, 0.15) is 41.3 Å². The van der Waals surface area contributed by atoms with Crippen LogP contribution in [0.5, 0.6) is 0 Å². The maximum atomic E-state index is 13.4. The van der Waals surface area contributed by atoms with Crippen molar-refractivity contribution in [3.05, 3.63) is 63.3 Å². The van der Waals surface area contributed by atoms with Crippen molar-refractivity contribution in [3.8, 4) is 5.69 Å². The van der Waals surface area contributed by atoms with Crippen LogP contribution in [0, 0.1) is 5.82 Å². The lowest BCUT2D eigenvalue weighted by Crippen LogP contribution is -2.44. The Morgan fingerprint density at radius 3 is 2.60 bits per heavy atom. The maximum absolute atomic E-state index is 13.4. The molecule has 7 nitrogen and oxygen atoms in total. The number of rotatable bonds is 3. The van der Waals surface area contributed by atoms with Crippen molar-refractivity contribution in [3.63, 3.8) is 0 Å². The third kappa shape index (κ3) is 3.52. The van der Waals surface area contributed by atoms with Gasteiger partial charge in [0.2, 0.25) is 5.91 Å². The smallest absolute Gasteiger partial charge is 0.268 e. The van der Waals surface area contributed by atoms with Crippen molar-refractivity contribution >= 4 is 11.8 Å². The number of aliphatic hydroxyl groups excluding tert-OH is 1. The summed E-state index contributed by atoms with van der Waals surface area (Å²) in [5.74, 6) is -0.889. The van der Waals surface area contributed by atoms with Crippen LogP contribution in [0.15, 0.2) is 35.3 Å². The molecular formula is C22H24FN3O4. The summed E-state index contributed by atoms with van der Waals surface area (Å²) >= 11 is 0. The van der Waals surface area contributed by atoms with Gasteiger partial charge in [0.1, 0.15) is 11.4 Å². The molecule has 1 N–H and O–H groups in total. The molecule has 1 aromatic carbocycles. The lowest BCUT2D eigenvalue weighted by molar-refractivity contribution is -0.129. The van der Waals surface area contributed by atoms with Gasteiger partial charge in [-0.05, 0) is 54.7 Å². The zero-order valence-electron chi connectivity index (χ0n) is 16.8. The molecule has 2 amide bonds. The highest BCUT2D eigenvalue weighted by Gasteiger charge is 2.34. The van der Waals surface area contributed by atoms with Crippen molar-refractivity contribution in [1.29, 1.82) is 0 Å². The van der Waals surface area contributed by atoms with E-state index >= 15 is 0 Å². The second kappa shape index (κ2) is 8.02. The number of carbonyl (C=O) groups excluding carboxylic acids is 2. The summed E-state index contributed by atoms with van der Waals surface area (Å²) in [5, 5.41) is 9.64. The van der Waals surface area contributed by atoms with Crippen LogP contribution in [0.3, 0.4) is 0 Å². The number of aliphatic hydroxyl groups is 1. The quantitative estimate of drug-likeness (QED) is 0.826. The summed E-state index contributed by atoms with van der Waals surface area (Å²) in [6.45, 7) is 2.57. The van der Waals surface area contributed by atoms with Crippen LogP contribution < -0.4 is 5.56 Å². The summed E-state index contributed by atoms with van der Waals surface area (Å²) in [5.41, 5.74) is 1.44. The largest absolute Gasteiger partial charge is 0.394 e. The van der Waals surface area contributed by atoms with Gasteiger partial charge in [-0.3, -0.25) is 19.0 Å². The van der Waals surface area contributed by atoms with E-state index in [1.54, 1.807) is 16.0 Å². The predicted molar refractivity (Wildman–Crippen MR) is 108 cm³/mol. The van der Waals surface area contributed by atoms with Crippen molar-refractivity contribution < 1.29 is 19.1 Å². The number of hydrogen-bond acceptors (Lipinski definition) is 4. The van der Waals surface area contributed by atoms with Gasteiger partial charge in [0.05, 0.1) is 12.6 Å². The molecule has 1 aromatic heterocycles. The molecule has 1 fully saturated rings. The van der Waals surface area contributed by atoms with E-state index in [1.807, 2.05) is 0 Å². The topological polar surface area (TPSA) is 82.9 Å². The molecule has 0 unspecified atom stereocenters. The number of amides is 2. The normalized spacial score (nSPS) is 18.4. The number of carbonyl (C=O) groups is 2. The number of aromatic nitrogens is 1. The summed E-state index contributed by atoms with van der Waals surface area (Å²) in [4.78, 5) is 42.0. The summed E-state index contributed by atoms with van der Waals surface area (Å²) in [7, 11) is 0. The molecule has 2 aromatic rings. The highest BCUT2D eigenvalue weighted by Crippen LogP contribution is 2.26. The van der Waals surface area contributed by atoms with E-state index < -0.39 is 11.4 Å². The van der Waals surface area contributed by atoms with Crippen LogP contribution in [-0.4, -0.2) is 57.0 Å². The van der Waals surface area contributed by atoms with E-state index in [9.17, 15) is 23.9 Å². The van der Waals surface area contributed by atoms with Crippen molar-refractivity contribution in [1.82, 2.24) is 14.4 Å². The Hall–Kier alpha value is -3.00. The van der Waals surface area contributed by atoms with Gasteiger partial charge < -0.3 is 14.9 Å². The first-order valence-corrected chi connectivity index (χ1v) is 10.1. The molecule has 1 atom stereocenters. The van der Waals surface area contributed by atoms with E-state index in [0.29, 0.717) is 43.7 Å². The molecular weight excluding hydrogens is 389 g/mol. The van der Waals surface area contributed by atoms with Gasteiger partial charge in [-0.2, -0.15) is 0 Å². The van der Waals surface area contributed by atoms with E-state index in [0.717, 1.165) is 12.0 Å². The fourth-order valence-electron chi connectivity index (χ4n) is 4.38. The molecule has 2 aliphatic heterocycles. The molecule has 30 heavy (non-hydrogen) atoms. The van der Waals surface area contributed by atoms with Gasteiger partial charge in [0.15, 0.2) is 0 Å². The molecule has 158 valence electrons. The van der Waals surface area contributed by atoms with Crippen molar-refractivity contribution in [2.45, 2.75) is 38.8 Å². The van der Waals surface area contributed by atoms with Crippen LogP contribution in [-0.2, 0) is 17.8 Å². The molecule has 8 heteroatoms. The predicted octanol–water partition coefficient (Wildman–Crippen LogP) is 1.48. The minimum Gasteiger partial charge on any atom is -0.394 e. The fourth-order valence-corrected chi connectivity index (χ4v) is 4.38. The number of fused-ring (bicyclic) bond motifs is 1. The van der Waals surface area contributed by atoms with Gasteiger partial charge >= 0.3 is 0 Å². The van der Waals surface area contributed by atoms with Crippen molar-refractivity contribution in [2.75, 3.05) is 19.7 Å². The fraction of sp³-hybridized carbons (Fsp3) is 0.409. The van der Waals surface area contributed by atoms with E-state index in [4.69, 9.17) is 0 Å². The Labute approximate surface area is 173 Å². The molecule has 2 aliphatic rings. The lowest BCUT2D eigenvalue weighted by atomic mass is 9.95. The number of likely N-dealkylation sites (tertiary alicyclic amines) is 1. The third-order valence-electron chi connectivity index (χ3n) is 6.01. The second-order valence-corrected chi connectivity index (χ2v) is 7.83. The number of nitrogens with zero attached hydrogens (tertiary/aromatic N) is 3. The first-order chi connectivity index (χ1) is 14.4. The number of benzene rings is 1. The molecule has 0 saturated carbocycles. The average molecular weight is 413 g/mol. The van der Waals surface area contributed by atoms with Gasteiger partial charge in [0, 0.05) is 38.4 Å². The van der Waals surface area contributed by atoms with Crippen LogP contribution in [0.4, 0.5) is 4.39 Å². The lowest BCUT2D eigenvalue weighted by Gasteiger charge is -2.31. The zero-order valence-corrected chi connectivity index (χ0v) is 16.8. The molecule has 0 bridgehead atoms. The summed E-state index contributed by atoms with van der Waals surface area (Å²) < 4.78 is 14.7. The van der Waals surface area contributed by atoms with E-state index in [1.165, 1.54) is 35.8 Å². The summed E-state index contributed by atoms with van der Waals surface area (Å²) in [6, 6.07) is 5.18. The highest BCUT2D eigenvalue weighted by atomic mass is 19.1. The maximum Gasteiger partial charge on any atom is 0.268 e. The van der Waals surface area contributed by atoms with Crippen molar-refractivity contribution in [2.24, 2.45) is 0 Å². The Morgan fingerprint density at radius 2 is 1.93 bits per heavy atom. The summed E-state index contributed by atoms with van der Waals surface area (Å²) in [6.07, 6.45) is 3.52. The van der Waals surface area contributed by atoms with Gasteiger partial charge in [-0.15, -0.1) is 0 Å². The molecule has 1 saturated heterocycles. The zero-order chi connectivity index (χ0) is 21.4. The molecule has 0 spiro atoms. The highest BCUT2D eigenvalue weighted by molar-refractivity contribution is 5.96. The Morgan fingerprint density at radius 1 is 1.20 bits per heavy atom. The first-order valence-electron chi connectivity index (χ1n) is 10.1. The minimum absolute atomic E-state index is 0.0760. The van der Waals surface area contributed by atoms with Gasteiger partial charge in [-0.1, -0.05) is 0 Å². The van der Waals surface area contributed by atoms with Crippen LogP contribution >= 0.6 is 0 Å². The molecule has 3 heterocycles. The van der Waals surface area contributed by atoms with Crippen LogP contribution in [0.2, 0.25) is 0 Å². The standard InChI is InChI=1S/C22H24FN3O4/c1-14(28)24-10-8-19-15(11-24)12-26(17-6-4-16(23)5-7-17)22(30)20(19)21(29)25-9-2-3-18(25)13-27/h4-7,12,18,27H,2-3,8-11,13H2,1H3/t18-/m0/s1. The first kappa shape index (κ1) is 20.3. The Bertz CT molecular complexity index is 1050. The Balaban J connectivity index is 1.87. The van der Waals surface area contributed by atoms with Crippen LogP contribution in [0.25, 0.3) is 5.69 Å². The number of pyridine rings is 1. The number of hydrogen-bond donors (Lipinski definition) is 1. The average Bonchev–Trinajstić information content (AvgIpc) is 3.22. The Kier molecular flexibility index (Phi) is 5.42. The monoisotopic (exact) mass is 413 g/mol. The molecule has 4 rings (SSSR count). The third-order valence-corrected chi connectivity index (χ3v) is 6.01. The molecule has 0 aliphatic carbocycles. The van der Waals surface area contributed by atoms with E-state index in [-0.39, 0.29) is 30.0 Å². The van der Waals surface area contributed by atoms with E-state index in [2.05, 4.69) is 0 Å². The van der Waals surface area contributed by atoms with Gasteiger partial charge in [-0.25, -0.2) is 4.39 Å². The minimum atomic E-state index is -0.467. The second-order valence-electron chi connectivity index (χ2n) is 7.83. The molecule has 0 radical (unpaired) electrons.